The van der Waals surface area contributed by atoms with Crippen molar-refractivity contribution in [1.29, 1.82) is 0 Å². The zero-order valence-corrected chi connectivity index (χ0v) is 13.3. The topological polar surface area (TPSA) is 24.9 Å². The molecule has 0 aliphatic rings. The third kappa shape index (κ3) is 4.27. The van der Waals surface area contributed by atoms with Crippen LogP contribution in [0.1, 0.15) is 30.2 Å². The van der Waals surface area contributed by atoms with Crippen LogP contribution in [0, 0.1) is 13.8 Å². The van der Waals surface area contributed by atoms with Gasteiger partial charge in [-0.05, 0) is 44.0 Å². The number of rotatable bonds is 6. The van der Waals surface area contributed by atoms with Gasteiger partial charge in [0.05, 0.1) is 5.69 Å². The molecule has 0 aliphatic heterocycles. The normalized spacial score (nSPS) is 10.6. The Morgan fingerprint density at radius 1 is 1.15 bits per heavy atom. The average Bonchev–Trinajstić information content (AvgIpc) is 2.45. The first-order chi connectivity index (χ1) is 9.69. The number of aryl methyl sites for hydroxylation is 2. The number of hydrogen-bond acceptors (Lipinski definition) is 3. The van der Waals surface area contributed by atoms with E-state index >= 15 is 0 Å². The molecule has 0 amide bonds. The Labute approximate surface area is 126 Å². The first-order valence-corrected chi connectivity index (χ1v) is 8.07. The van der Waals surface area contributed by atoms with Crippen LogP contribution in [-0.4, -0.2) is 11.5 Å². The molecule has 2 nitrogen and oxygen atoms in total. The fourth-order valence-corrected chi connectivity index (χ4v) is 2.94. The van der Waals surface area contributed by atoms with Gasteiger partial charge in [-0.25, -0.2) is 4.98 Å². The molecule has 2 rings (SSSR count). The molecule has 1 heterocycles. The molecule has 0 saturated carbocycles. The van der Waals surface area contributed by atoms with Gasteiger partial charge < -0.3 is 5.32 Å². The lowest BCUT2D eigenvalue weighted by atomic mass is 10.2. The summed E-state index contributed by atoms with van der Waals surface area (Å²) in [6.07, 6.45) is 1.11. The van der Waals surface area contributed by atoms with E-state index < -0.39 is 0 Å². The predicted molar refractivity (Wildman–Crippen MR) is 88.5 cm³/mol. The van der Waals surface area contributed by atoms with Crippen molar-refractivity contribution in [3.05, 3.63) is 53.2 Å². The van der Waals surface area contributed by atoms with Gasteiger partial charge in [0.1, 0.15) is 5.82 Å². The molecule has 1 aromatic heterocycles. The molecule has 0 spiro atoms. The van der Waals surface area contributed by atoms with Gasteiger partial charge in [-0.1, -0.05) is 30.7 Å². The van der Waals surface area contributed by atoms with Crippen LogP contribution in [0.4, 0.5) is 5.82 Å². The molecule has 0 bridgehead atoms. The van der Waals surface area contributed by atoms with E-state index in [-0.39, 0.29) is 0 Å². The van der Waals surface area contributed by atoms with E-state index in [9.17, 15) is 0 Å². The van der Waals surface area contributed by atoms with E-state index in [2.05, 4.69) is 61.4 Å². The fraction of sp³-hybridized carbons (Fsp3) is 0.353. The van der Waals surface area contributed by atoms with Gasteiger partial charge in [0.2, 0.25) is 0 Å². The summed E-state index contributed by atoms with van der Waals surface area (Å²) in [5.41, 5.74) is 3.78. The van der Waals surface area contributed by atoms with Crippen molar-refractivity contribution >= 4 is 17.6 Å². The largest absolute Gasteiger partial charge is 0.370 e. The molecule has 2 aromatic rings. The van der Waals surface area contributed by atoms with Crippen LogP contribution >= 0.6 is 11.8 Å². The summed E-state index contributed by atoms with van der Waals surface area (Å²) in [4.78, 5) is 5.98. The number of aromatic nitrogens is 1. The van der Waals surface area contributed by atoms with Gasteiger partial charge in [-0.3, -0.25) is 0 Å². The van der Waals surface area contributed by atoms with E-state index in [0.29, 0.717) is 0 Å². The van der Waals surface area contributed by atoms with Crippen LogP contribution in [0.15, 0.2) is 41.3 Å². The molecule has 0 atom stereocenters. The molecule has 0 fully saturated rings. The first kappa shape index (κ1) is 14.9. The predicted octanol–water partition coefficient (Wildman–Crippen LogP) is 4.81. The van der Waals surface area contributed by atoms with Crippen LogP contribution < -0.4 is 5.32 Å². The Balaban J connectivity index is 1.99. The number of hydrogen-bond donors (Lipinski definition) is 1. The highest BCUT2D eigenvalue weighted by Gasteiger charge is 2.02. The third-order valence-corrected chi connectivity index (χ3v) is 4.28. The quantitative estimate of drug-likeness (QED) is 0.771. The maximum absolute atomic E-state index is 4.64. The summed E-state index contributed by atoms with van der Waals surface area (Å²) < 4.78 is 0. The minimum atomic E-state index is 0.908. The molecule has 1 aromatic carbocycles. The van der Waals surface area contributed by atoms with Crippen LogP contribution in [0.2, 0.25) is 0 Å². The van der Waals surface area contributed by atoms with Gasteiger partial charge in [-0.2, -0.15) is 0 Å². The summed E-state index contributed by atoms with van der Waals surface area (Å²) in [6.45, 7) is 7.43. The Hall–Kier alpha value is -1.48. The Morgan fingerprint density at radius 2 is 2.00 bits per heavy atom. The minimum absolute atomic E-state index is 0.908. The van der Waals surface area contributed by atoms with Crippen molar-refractivity contribution in [1.82, 2.24) is 4.98 Å². The molecule has 0 saturated heterocycles. The lowest BCUT2D eigenvalue weighted by Crippen LogP contribution is -2.02. The van der Waals surface area contributed by atoms with Crippen molar-refractivity contribution < 1.29 is 0 Å². The summed E-state index contributed by atoms with van der Waals surface area (Å²) >= 11 is 1.85. The smallest absolute Gasteiger partial charge is 0.126 e. The third-order valence-electron chi connectivity index (χ3n) is 3.07. The van der Waals surface area contributed by atoms with Gasteiger partial charge in [0, 0.05) is 17.2 Å². The van der Waals surface area contributed by atoms with Gasteiger partial charge in [0.25, 0.3) is 0 Å². The van der Waals surface area contributed by atoms with E-state index in [4.69, 9.17) is 0 Å². The number of nitrogens with one attached hydrogen (secondary N) is 1. The van der Waals surface area contributed by atoms with Crippen molar-refractivity contribution in [2.75, 3.05) is 11.9 Å². The number of anilines is 1. The number of pyridine rings is 1. The standard InChI is InChI=1S/C17H22N2S/c1-4-10-18-17-7-5-6-15(19-17)12-20-16-9-8-13(2)11-14(16)3/h5-9,11H,4,10,12H2,1-3H3,(H,18,19). The zero-order valence-electron chi connectivity index (χ0n) is 12.4. The maximum Gasteiger partial charge on any atom is 0.126 e. The lowest BCUT2D eigenvalue weighted by molar-refractivity contribution is 0.965. The molecule has 0 unspecified atom stereocenters. The lowest BCUT2D eigenvalue weighted by Gasteiger charge is -2.08. The Kier molecular flexibility index (Phi) is 5.48. The second-order valence-corrected chi connectivity index (χ2v) is 6.02. The molecule has 0 aliphatic carbocycles. The van der Waals surface area contributed by atoms with Crippen LogP contribution in [0.5, 0.6) is 0 Å². The van der Waals surface area contributed by atoms with Crippen LogP contribution in [0.25, 0.3) is 0 Å². The highest BCUT2D eigenvalue weighted by Crippen LogP contribution is 2.26. The van der Waals surface area contributed by atoms with E-state index in [1.165, 1.54) is 16.0 Å². The molecule has 3 heteroatoms. The molecular formula is C17H22N2S. The van der Waals surface area contributed by atoms with Gasteiger partial charge >= 0.3 is 0 Å². The monoisotopic (exact) mass is 286 g/mol. The van der Waals surface area contributed by atoms with Crippen LogP contribution in [0.3, 0.4) is 0 Å². The number of nitrogens with zero attached hydrogens (tertiary/aromatic N) is 1. The Morgan fingerprint density at radius 3 is 2.75 bits per heavy atom. The summed E-state index contributed by atoms with van der Waals surface area (Å²) in [7, 11) is 0. The zero-order chi connectivity index (χ0) is 14.4. The van der Waals surface area contributed by atoms with E-state index in [1.807, 2.05) is 17.8 Å². The SMILES string of the molecule is CCCNc1cccc(CSc2ccc(C)cc2C)n1. The first-order valence-electron chi connectivity index (χ1n) is 7.09. The van der Waals surface area contributed by atoms with Gasteiger partial charge in [-0.15, -0.1) is 11.8 Å². The van der Waals surface area contributed by atoms with Crippen molar-refractivity contribution in [3.8, 4) is 0 Å². The van der Waals surface area contributed by atoms with E-state index in [0.717, 1.165) is 30.2 Å². The molecule has 0 radical (unpaired) electrons. The summed E-state index contributed by atoms with van der Waals surface area (Å²) in [5, 5.41) is 3.33. The number of benzene rings is 1. The fourth-order valence-electron chi connectivity index (χ4n) is 2.02. The number of thioether (sulfide) groups is 1. The van der Waals surface area contributed by atoms with Crippen molar-refractivity contribution in [2.45, 2.75) is 37.8 Å². The second kappa shape index (κ2) is 7.34. The van der Waals surface area contributed by atoms with Crippen LogP contribution in [-0.2, 0) is 5.75 Å². The minimum Gasteiger partial charge on any atom is -0.370 e. The average molecular weight is 286 g/mol. The summed E-state index contributed by atoms with van der Waals surface area (Å²) in [5.74, 6) is 1.89. The maximum atomic E-state index is 4.64. The highest BCUT2D eigenvalue weighted by atomic mass is 32.2. The highest BCUT2D eigenvalue weighted by molar-refractivity contribution is 7.98. The van der Waals surface area contributed by atoms with Gasteiger partial charge in [0.15, 0.2) is 0 Å². The Bertz CT molecular complexity index is 567. The van der Waals surface area contributed by atoms with Crippen molar-refractivity contribution in [3.63, 3.8) is 0 Å². The molecule has 20 heavy (non-hydrogen) atoms. The molecule has 1 N–H and O–H groups in total. The molecular weight excluding hydrogens is 264 g/mol. The summed E-state index contributed by atoms with van der Waals surface area (Å²) in [6, 6.07) is 12.8. The van der Waals surface area contributed by atoms with E-state index in [1.54, 1.807) is 0 Å². The second-order valence-electron chi connectivity index (χ2n) is 5.00. The van der Waals surface area contributed by atoms with Crippen molar-refractivity contribution in [2.24, 2.45) is 0 Å². The molecule has 106 valence electrons.